The number of nitrogens with one attached hydrogen (secondary N) is 1. The van der Waals surface area contributed by atoms with E-state index in [2.05, 4.69) is 9.88 Å². The van der Waals surface area contributed by atoms with Crippen LogP contribution in [0.2, 0.25) is 0 Å². The van der Waals surface area contributed by atoms with Crippen molar-refractivity contribution >= 4 is 34.7 Å². The van der Waals surface area contributed by atoms with Crippen molar-refractivity contribution < 1.29 is 19.8 Å². The van der Waals surface area contributed by atoms with Gasteiger partial charge in [-0.15, -0.1) is 12.4 Å². The highest BCUT2D eigenvalue weighted by Crippen LogP contribution is 2.44. The van der Waals surface area contributed by atoms with E-state index < -0.39 is 11.6 Å². The lowest BCUT2D eigenvalue weighted by molar-refractivity contribution is 0.0971. The lowest BCUT2D eigenvalue weighted by atomic mass is 9.83. The Hall–Kier alpha value is -2.87. The summed E-state index contributed by atoms with van der Waals surface area (Å²) in [4.78, 5) is 31.4. The Balaban J connectivity index is 0.00000205. The third-order valence-corrected chi connectivity index (χ3v) is 5.73. The summed E-state index contributed by atoms with van der Waals surface area (Å²) in [5.41, 5.74) is 6.80. The number of carbonyl (C=O) groups excluding carboxylic acids is 2. The second kappa shape index (κ2) is 6.88. The average molecular weight is 414 g/mol. The molecule has 5 N–H and O–H groups in total. The fraction of sp³-hybridized carbons (Fsp3) is 0.238. The Bertz CT molecular complexity index is 1170. The zero-order chi connectivity index (χ0) is 19.6. The quantitative estimate of drug-likeness (QED) is 0.374. The second-order valence-electron chi connectivity index (χ2n) is 7.50. The van der Waals surface area contributed by atoms with Crippen LogP contribution in [0.3, 0.4) is 0 Å². The van der Waals surface area contributed by atoms with Crippen LogP contribution in [0.5, 0.6) is 11.5 Å². The third-order valence-electron chi connectivity index (χ3n) is 5.73. The molecule has 0 spiro atoms. The van der Waals surface area contributed by atoms with Gasteiger partial charge in [-0.3, -0.25) is 14.5 Å². The van der Waals surface area contributed by atoms with Gasteiger partial charge in [0.05, 0.1) is 22.4 Å². The SMILES string of the molecule is Cl.N[C@H]1CCN(Cc2c[nH]c3c2C(=O)c2c(c(O)c4ccccc4c2O)C3=O)C1. The van der Waals surface area contributed by atoms with Gasteiger partial charge in [0.15, 0.2) is 5.78 Å². The van der Waals surface area contributed by atoms with E-state index in [0.717, 1.165) is 19.5 Å². The van der Waals surface area contributed by atoms with Crippen LogP contribution in [-0.4, -0.2) is 50.8 Å². The molecule has 1 saturated heterocycles. The molecule has 29 heavy (non-hydrogen) atoms. The zero-order valence-corrected chi connectivity index (χ0v) is 16.3. The molecule has 0 amide bonds. The number of likely N-dealkylation sites (tertiary alicyclic amines) is 1. The van der Waals surface area contributed by atoms with Crippen molar-refractivity contribution in [1.29, 1.82) is 0 Å². The first-order valence-electron chi connectivity index (χ1n) is 9.21. The summed E-state index contributed by atoms with van der Waals surface area (Å²) in [5, 5.41) is 22.1. The van der Waals surface area contributed by atoms with Gasteiger partial charge in [0.25, 0.3) is 0 Å². The van der Waals surface area contributed by atoms with Gasteiger partial charge in [0.1, 0.15) is 11.5 Å². The van der Waals surface area contributed by atoms with Crippen molar-refractivity contribution in [2.45, 2.75) is 19.0 Å². The van der Waals surface area contributed by atoms with Gasteiger partial charge >= 0.3 is 0 Å². The molecule has 1 aromatic heterocycles. The number of hydrogen-bond donors (Lipinski definition) is 4. The molecule has 1 atom stereocenters. The molecule has 1 aliphatic carbocycles. The number of rotatable bonds is 2. The van der Waals surface area contributed by atoms with Gasteiger partial charge in [0, 0.05) is 42.6 Å². The number of aromatic nitrogens is 1. The second-order valence-corrected chi connectivity index (χ2v) is 7.50. The van der Waals surface area contributed by atoms with Gasteiger partial charge in [-0.2, -0.15) is 0 Å². The molecular weight excluding hydrogens is 394 g/mol. The van der Waals surface area contributed by atoms with Gasteiger partial charge in [-0.05, 0) is 12.0 Å². The average Bonchev–Trinajstić information content (AvgIpc) is 3.29. The van der Waals surface area contributed by atoms with E-state index in [9.17, 15) is 19.8 Å². The zero-order valence-electron chi connectivity index (χ0n) is 15.4. The Morgan fingerprint density at radius 2 is 1.66 bits per heavy atom. The number of fused-ring (bicyclic) bond motifs is 3. The lowest BCUT2D eigenvalue weighted by Crippen LogP contribution is -2.27. The minimum absolute atomic E-state index is 0. The maximum Gasteiger partial charge on any atom is 0.214 e. The van der Waals surface area contributed by atoms with Gasteiger partial charge < -0.3 is 20.9 Å². The number of nitrogens with zero attached hydrogens (tertiary/aromatic N) is 1. The van der Waals surface area contributed by atoms with Gasteiger partial charge in [-0.1, -0.05) is 24.3 Å². The van der Waals surface area contributed by atoms with E-state index >= 15 is 0 Å². The summed E-state index contributed by atoms with van der Waals surface area (Å²) in [7, 11) is 0. The van der Waals surface area contributed by atoms with Crippen LogP contribution in [-0.2, 0) is 6.54 Å². The van der Waals surface area contributed by atoms with Crippen LogP contribution in [0.1, 0.15) is 44.0 Å². The maximum atomic E-state index is 13.3. The van der Waals surface area contributed by atoms with Gasteiger partial charge in [-0.25, -0.2) is 0 Å². The van der Waals surface area contributed by atoms with Gasteiger partial charge in [0.2, 0.25) is 5.78 Å². The number of aromatic hydroxyl groups is 2. The largest absolute Gasteiger partial charge is 0.506 e. The topological polar surface area (TPSA) is 120 Å². The number of hydrogen-bond acceptors (Lipinski definition) is 6. The molecule has 8 heteroatoms. The summed E-state index contributed by atoms with van der Waals surface area (Å²) in [6, 6.07) is 6.73. The van der Waals surface area contributed by atoms with Crippen LogP contribution in [0.15, 0.2) is 30.5 Å². The van der Waals surface area contributed by atoms with E-state index in [1.807, 2.05) is 0 Å². The lowest BCUT2D eigenvalue weighted by Gasteiger charge is -2.21. The molecule has 0 radical (unpaired) electrons. The first-order chi connectivity index (χ1) is 13.5. The van der Waals surface area contributed by atoms with E-state index in [-0.39, 0.29) is 52.3 Å². The molecule has 0 unspecified atom stereocenters. The highest BCUT2D eigenvalue weighted by molar-refractivity contribution is 6.32. The number of carbonyl (C=O) groups is 2. The molecule has 3 aromatic rings. The van der Waals surface area contributed by atoms with Crippen molar-refractivity contribution in [1.82, 2.24) is 9.88 Å². The minimum Gasteiger partial charge on any atom is -0.506 e. The standard InChI is InChI=1S/C21H19N3O4.ClH/c22-11-5-6-24(9-11)8-10-7-23-17-14(10)20(27)15-16(21(17)28)19(26)13-4-2-1-3-12(13)18(15)25;/h1-4,7,11,23,25-26H,5-6,8-9,22H2;1H/t11-;/m0./s1. The highest BCUT2D eigenvalue weighted by atomic mass is 35.5. The fourth-order valence-electron chi connectivity index (χ4n) is 4.37. The predicted molar refractivity (Wildman–Crippen MR) is 110 cm³/mol. The van der Waals surface area contributed by atoms with Crippen molar-refractivity contribution in [2.24, 2.45) is 5.73 Å². The number of phenols is 2. The van der Waals surface area contributed by atoms with E-state index in [1.165, 1.54) is 0 Å². The molecule has 1 aliphatic heterocycles. The minimum atomic E-state index is -0.493. The smallest absolute Gasteiger partial charge is 0.214 e. The normalized spacial score (nSPS) is 18.6. The number of aromatic amines is 1. The molecular formula is C21H20ClN3O4. The summed E-state index contributed by atoms with van der Waals surface area (Å²) in [5.74, 6) is -1.51. The van der Waals surface area contributed by atoms with Crippen LogP contribution >= 0.6 is 12.4 Å². The van der Waals surface area contributed by atoms with Crippen LogP contribution in [0.25, 0.3) is 10.8 Å². The molecule has 150 valence electrons. The summed E-state index contributed by atoms with van der Waals surface area (Å²) >= 11 is 0. The third kappa shape index (κ3) is 2.73. The molecule has 2 aromatic carbocycles. The molecule has 5 rings (SSSR count). The van der Waals surface area contributed by atoms with Crippen LogP contribution in [0, 0.1) is 0 Å². The summed E-state index contributed by atoms with van der Waals surface area (Å²) in [6.45, 7) is 2.06. The maximum absolute atomic E-state index is 13.3. The van der Waals surface area contributed by atoms with Crippen LogP contribution < -0.4 is 5.73 Å². The fourth-order valence-corrected chi connectivity index (χ4v) is 4.37. The predicted octanol–water partition coefficient (Wildman–Crippen LogP) is 2.31. The number of nitrogens with two attached hydrogens (primary N) is 1. The van der Waals surface area contributed by atoms with Crippen molar-refractivity contribution in [3.8, 4) is 11.5 Å². The van der Waals surface area contributed by atoms with Crippen molar-refractivity contribution in [3.05, 3.63) is 58.4 Å². The first kappa shape index (κ1) is 19.4. The van der Waals surface area contributed by atoms with E-state index in [0.29, 0.717) is 22.9 Å². The van der Waals surface area contributed by atoms with E-state index in [4.69, 9.17) is 5.73 Å². The molecule has 2 aliphatic rings. The van der Waals surface area contributed by atoms with Crippen molar-refractivity contribution in [2.75, 3.05) is 13.1 Å². The summed E-state index contributed by atoms with van der Waals surface area (Å²) < 4.78 is 0. The monoisotopic (exact) mass is 413 g/mol. The van der Waals surface area contributed by atoms with E-state index in [1.54, 1.807) is 30.5 Å². The first-order valence-corrected chi connectivity index (χ1v) is 9.21. The van der Waals surface area contributed by atoms with Crippen LogP contribution in [0.4, 0.5) is 0 Å². The Kier molecular flexibility index (Phi) is 4.61. The molecule has 7 nitrogen and oxygen atoms in total. The Morgan fingerprint density at radius 1 is 1.03 bits per heavy atom. The highest BCUT2D eigenvalue weighted by Gasteiger charge is 2.39. The Labute approximate surface area is 172 Å². The Morgan fingerprint density at radius 3 is 2.24 bits per heavy atom. The number of benzene rings is 2. The number of phenolic OH excluding ortho intramolecular Hbond substituents is 2. The number of ketones is 2. The van der Waals surface area contributed by atoms with Crippen molar-refractivity contribution in [3.63, 3.8) is 0 Å². The number of halogens is 1. The molecule has 1 fully saturated rings. The molecule has 0 saturated carbocycles. The molecule has 2 heterocycles. The molecule has 0 bridgehead atoms. The number of H-pyrrole nitrogens is 1. The summed E-state index contributed by atoms with van der Waals surface area (Å²) in [6.07, 6.45) is 2.55.